The number of hydrogen-bond acceptors (Lipinski definition) is 5. The van der Waals surface area contributed by atoms with Crippen molar-refractivity contribution in [3.8, 4) is 0 Å². The summed E-state index contributed by atoms with van der Waals surface area (Å²) in [6, 6.07) is 7.99. The summed E-state index contributed by atoms with van der Waals surface area (Å²) in [6.07, 6.45) is 0. The minimum atomic E-state index is 0.152. The monoisotopic (exact) mass is 309 g/mol. The van der Waals surface area contributed by atoms with E-state index in [0.717, 1.165) is 16.7 Å². The van der Waals surface area contributed by atoms with Gasteiger partial charge in [0.25, 0.3) is 0 Å². The van der Waals surface area contributed by atoms with Crippen molar-refractivity contribution in [2.45, 2.75) is 13.0 Å². The van der Waals surface area contributed by atoms with E-state index >= 15 is 0 Å². The summed E-state index contributed by atoms with van der Waals surface area (Å²) in [6.45, 7) is 3.99. The SMILES string of the molecule is COCCN(c1nc(Cl)nc2ccccc12)C(C)COC. The van der Waals surface area contributed by atoms with Gasteiger partial charge in [0.05, 0.1) is 24.8 Å². The van der Waals surface area contributed by atoms with Gasteiger partial charge in [-0.1, -0.05) is 12.1 Å². The Kier molecular flexibility index (Phi) is 5.73. The molecule has 0 bridgehead atoms. The Morgan fingerprint density at radius 1 is 1.19 bits per heavy atom. The van der Waals surface area contributed by atoms with E-state index in [2.05, 4.69) is 21.8 Å². The second kappa shape index (κ2) is 7.54. The smallest absolute Gasteiger partial charge is 0.224 e. The van der Waals surface area contributed by atoms with Crippen LogP contribution in [0.2, 0.25) is 5.28 Å². The van der Waals surface area contributed by atoms with Crippen LogP contribution in [0.5, 0.6) is 0 Å². The number of nitrogens with zero attached hydrogens (tertiary/aromatic N) is 3. The van der Waals surface area contributed by atoms with Crippen molar-refractivity contribution in [3.63, 3.8) is 0 Å². The maximum atomic E-state index is 6.07. The van der Waals surface area contributed by atoms with Gasteiger partial charge in [0.2, 0.25) is 5.28 Å². The zero-order chi connectivity index (χ0) is 15.2. The lowest BCUT2D eigenvalue weighted by Crippen LogP contribution is -2.39. The first-order valence-electron chi connectivity index (χ1n) is 6.84. The largest absolute Gasteiger partial charge is 0.383 e. The van der Waals surface area contributed by atoms with E-state index in [4.69, 9.17) is 21.1 Å². The number of ether oxygens (including phenoxy) is 2. The number of para-hydroxylation sites is 1. The van der Waals surface area contributed by atoms with Crippen LogP contribution in [0.15, 0.2) is 24.3 Å². The Labute approximate surface area is 129 Å². The van der Waals surface area contributed by atoms with Crippen molar-refractivity contribution in [1.29, 1.82) is 0 Å². The topological polar surface area (TPSA) is 47.5 Å². The zero-order valence-electron chi connectivity index (χ0n) is 12.5. The van der Waals surface area contributed by atoms with Gasteiger partial charge in [-0.15, -0.1) is 0 Å². The van der Waals surface area contributed by atoms with Crippen molar-refractivity contribution >= 4 is 28.3 Å². The molecule has 1 aromatic carbocycles. The summed E-state index contributed by atoms with van der Waals surface area (Å²) < 4.78 is 10.5. The van der Waals surface area contributed by atoms with E-state index in [1.165, 1.54) is 0 Å². The molecular weight excluding hydrogens is 290 g/mol. The van der Waals surface area contributed by atoms with Gasteiger partial charge in [0, 0.05) is 26.2 Å². The molecule has 1 atom stereocenters. The van der Waals surface area contributed by atoms with Crippen LogP contribution in [0.3, 0.4) is 0 Å². The molecule has 21 heavy (non-hydrogen) atoms. The number of fused-ring (bicyclic) bond motifs is 1. The molecule has 1 aromatic heterocycles. The van der Waals surface area contributed by atoms with Crippen LogP contribution in [0.25, 0.3) is 10.9 Å². The third-order valence-corrected chi connectivity index (χ3v) is 3.47. The Hall–Kier alpha value is -1.43. The predicted molar refractivity (Wildman–Crippen MR) is 85.1 cm³/mol. The van der Waals surface area contributed by atoms with Crippen molar-refractivity contribution in [2.75, 3.05) is 38.9 Å². The van der Waals surface area contributed by atoms with E-state index in [1.54, 1.807) is 14.2 Å². The molecule has 2 rings (SSSR count). The van der Waals surface area contributed by atoms with Crippen molar-refractivity contribution < 1.29 is 9.47 Å². The summed E-state index contributed by atoms with van der Waals surface area (Å²) in [7, 11) is 3.38. The van der Waals surface area contributed by atoms with E-state index in [0.29, 0.717) is 19.8 Å². The van der Waals surface area contributed by atoms with Gasteiger partial charge in [-0.2, -0.15) is 4.98 Å². The van der Waals surface area contributed by atoms with Gasteiger partial charge in [0.1, 0.15) is 5.82 Å². The first-order valence-corrected chi connectivity index (χ1v) is 7.22. The summed E-state index contributed by atoms with van der Waals surface area (Å²) in [4.78, 5) is 10.8. The van der Waals surface area contributed by atoms with Crippen LogP contribution >= 0.6 is 11.6 Å². The second-order valence-electron chi connectivity index (χ2n) is 4.82. The summed E-state index contributed by atoms with van der Waals surface area (Å²) in [5.41, 5.74) is 0.833. The molecule has 6 heteroatoms. The van der Waals surface area contributed by atoms with Crippen molar-refractivity contribution in [2.24, 2.45) is 0 Å². The first-order chi connectivity index (χ1) is 10.2. The number of methoxy groups -OCH3 is 2. The molecule has 114 valence electrons. The van der Waals surface area contributed by atoms with Gasteiger partial charge >= 0.3 is 0 Å². The fraction of sp³-hybridized carbons (Fsp3) is 0.467. The minimum Gasteiger partial charge on any atom is -0.383 e. The van der Waals surface area contributed by atoms with Crippen LogP contribution in [0, 0.1) is 0 Å². The number of anilines is 1. The van der Waals surface area contributed by atoms with E-state index in [9.17, 15) is 0 Å². The molecule has 0 amide bonds. The highest BCUT2D eigenvalue weighted by Crippen LogP contribution is 2.26. The number of rotatable bonds is 7. The zero-order valence-corrected chi connectivity index (χ0v) is 13.3. The third-order valence-electron chi connectivity index (χ3n) is 3.30. The molecule has 1 heterocycles. The highest BCUT2D eigenvalue weighted by atomic mass is 35.5. The van der Waals surface area contributed by atoms with E-state index in [-0.39, 0.29) is 11.3 Å². The summed E-state index contributed by atoms with van der Waals surface area (Å²) in [5.74, 6) is 0.812. The lowest BCUT2D eigenvalue weighted by Gasteiger charge is -2.30. The molecular formula is C15H20ClN3O2. The van der Waals surface area contributed by atoms with Crippen LogP contribution in [-0.2, 0) is 9.47 Å². The van der Waals surface area contributed by atoms with Gasteiger partial charge in [-0.25, -0.2) is 4.98 Å². The number of halogens is 1. The third kappa shape index (κ3) is 3.81. The van der Waals surface area contributed by atoms with Crippen LogP contribution in [0.1, 0.15) is 6.92 Å². The van der Waals surface area contributed by atoms with Gasteiger partial charge in [-0.05, 0) is 30.7 Å². The van der Waals surface area contributed by atoms with Gasteiger partial charge in [0.15, 0.2) is 0 Å². The Bertz CT molecular complexity index is 594. The fourth-order valence-corrected chi connectivity index (χ4v) is 2.48. The van der Waals surface area contributed by atoms with Crippen LogP contribution in [0.4, 0.5) is 5.82 Å². The fourth-order valence-electron chi connectivity index (χ4n) is 2.31. The van der Waals surface area contributed by atoms with Gasteiger partial charge < -0.3 is 14.4 Å². The van der Waals surface area contributed by atoms with Crippen molar-refractivity contribution in [3.05, 3.63) is 29.5 Å². The number of hydrogen-bond donors (Lipinski definition) is 0. The maximum absolute atomic E-state index is 6.07. The Balaban J connectivity index is 2.47. The molecule has 5 nitrogen and oxygen atoms in total. The van der Waals surface area contributed by atoms with Gasteiger partial charge in [-0.3, -0.25) is 0 Å². The number of aromatic nitrogens is 2. The molecule has 0 N–H and O–H groups in total. The molecule has 0 fully saturated rings. The molecule has 0 spiro atoms. The molecule has 0 radical (unpaired) electrons. The average Bonchev–Trinajstić information content (AvgIpc) is 2.47. The Morgan fingerprint density at radius 2 is 1.95 bits per heavy atom. The molecule has 0 aliphatic carbocycles. The van der Waals surface area contributed by atoms with Crippen LogP contribution < -0.4 is 4.90 Å². The number of benzene rings is 1. The predicted octanol–water partition coefficient (Wildman–Crippen LogP) is 2.77. The Morgan fingerprint density at radius 3 is 2.67 bits per heavy atom. The van der Waals surface area contributed by atoms with E-state index in [1.807, 2.05) is 24.3 Å². The summed E-state index contributed by atoms with van der Waals surface area (Å²) >= 11 is 6.07. The quantitative estimate of drug-likeness (QED) is 0.736. The summed E-state index contributed by atoms with van der Waals surface area (Å²) in [5, 5.41) is 1.22. The van der Waals surface area contributed by atoms with Crippen LogP contribution in [-0.4, -0.2) is 50.0 Å². The molecule has 0 saturated heterocycles. The molecule has 2 aromatic rings. The van der Waals surface area contributed by atoms with Crippen molar-refractivity contribution in [1.82, 2.24) is 9.97 Å². The lowest BCUT2D eigenvalue weighted by molar-refractivity contribution is 0.170. The highest BCUT2D eigenvalue weighted by molar-refractivity contribution is 6.28. The molecule has 0 aliphatic heterocycles. The maximum Gasteiger partial charge on any atom is 0.224 e. The molecule has 1 unspecified atom stereocenters. The normalized spacial score (nSPS) is 12.6. The highest BCUT2D eigenvalue weighted by Gasteiger charge is 2.19. The first kappa shape index (κ1) is 15.9. The average molecular weight is 310 g/mol. The standard InChI is InChI=1S/C15H20ClN3O2/c1-11(10-21-3)19(8-9-20-2)14-12-6-4-5-7-13(12)17-15(16)18-14/h4-7,11H,8-10H2,1-3H3. The molecule has 0 aliphatic rings. The van der Waals surface area contributed by atoms with E-state index < -0.39 is 0 Å². The lowest BCUT2D eigenvalue weighted by atomic mass is 10.2. The minimum absolute atomic E-state index is 0.152. The second-order valence-corrected chi connectivity index (χ2v) is 5.16. The molecule has 0 saturated carbocycles.